The number of fused-ring (bicyclic) bond motifs is 2. The van der Waals surface area contributed by atoms with E-state index in [1.54, 1.807) is 12.1 Å². The highest BCUT2D eigenvalue weighted by atomic mass is 19.1. The number of morpholine rings is 1. The second-order valence-corrected chi connectivity index (χ2v) is 10.2. The van der Waals surface area contributed by atoms with Crippen molar-refractivity contribution in [3.63, 3.8) is 0 Å². The minimum Gasteiger partial charge on any atom is -0.373 e. The predicted octanol–water partition coefficient (Wildman–Crippen LogP) is 4.45. The molecule has 0 spiro atoms. The summed E-state index contributed by atoms with van der Waals surface area (Å²) in [5, 5.41) is 8.08. The molecule has 0 saturated carbocycles. The van der Waals surface area contributed by atoms with Crippen LogP contribution in [-0.2, 0) is 18.3 Å². The standard InChI is InChI=1S/C28H30F2N6O2/c1-17-13-34(14-18(2)38-17)9-4-10-35-16-26(22-12-20(30)6-8-25(22)35)36-27(31-32-28(36)37)23-15-33(3)24-7-5-19(29)11-21(23)24/h5-8,11-12,15-18H,4,9-10,13-14H2,1-3H3,(H,32,37). The zero-order valence-electron chi connectivity index (χ0n) is 21.6. The van der Waals surface area contributed by atoms with Crippen molar-refractivity contribution < 1.29 is 13.5 Å². The van der Waals surface area contributed by atoms with Crippen molar-refractivity contribution in [1.29, 1.82) is 0 Å². The van der Waals surface area contributed by atoms with Crippen molar-refractivity contribution in [2.24, 2.45) is 7.05 Å². The Bertz CT molecular complexity index is 1690. The van der Waals surface area contributed by atoms with Crippen LogP contribution < -0.4 is 5.69 Å². The molecule has 5 aromatic rings. The van der Waals surface area contributed by atoms with E-state index in [2.05, 4.69) is 33.5 Å². The molecule has 3 aromatic heterocycles. The SMILES string of the molecule is CC1CN(CCCn2cc(-n3c(-c4cn(C)c5ccc(F)cc45)n[nH]c3=O)c3cc(F)ccc32)CC(C)O1. The lowest BCUT2D eigenvalue weighted by Gasteiger charge is -2.35. The summed E-state index contributed by atoms with van der Waals surface area (Å²) in [6, 6.07) is 9.15. The second-order valence-electron chi connectivity index (χ2n) is 10.2. The Kier molecular flexibility index (Phi) is 6.16. The molecule has 4 heterocycles. The highest BCUT2D eigenvalue weighted by molar-refractivity contribution is 5.96. The number of nitrogens with zero attached hydrogens (tertiary/aromatic N) is 5. The molecule has 0 bridgehead atoms. The molecule has 0 aliphatic carbocycles. The molecule has 6 rings (SSSR count). The lowest BCUT2D eigenvalue weighted by Crippen LogP contribution is -2.45. The maximum atomic E-state index is 14.4. The fourth-order valence-electron chi connectivity index (χ4n) is 5.79. The molecule has 1 aliphatic rings. The van der Waals surface area contributed by atoms with Crippen LogP contribution in [0.15, 0.2) is 53.6 Å². The van der Waals surface area contributed by atoms with Gasteiger partial charge in [0.2, 0.25) is 0 Å². The molecule has 0 amide bonds. The van der Waals surface area contributed by atoms with E-state index in [4.69, 9.17) is 4.74 Å². The fourth-order valence-corrected chi connectivity index (χ4v) is 5.79. The smallest absolute Gasteiger partial charge is 0.348 e. The van der Waals surface area contributed by atoms with Crippen LogP contribution in [0.2, 0.25) is 0 Å². The molecule has 2 aromatic carbocycles. The van der Waals surface area contributed by atoms with Crippen LogP contribution in [0.25, 0.3) is 38.9 Å². The molecule has 1 aliphatic heterocycles. The number of H-pyrrole nitrogens is 1. The Labute approximate surface area is 218 Å². The van der Waals surface area contributed by atoms with Crippen molar-refractivity contribution in [3.8, 4) is 17.1 Å². The summed E-state index contributed by atoms with van der Waals surface area (Å²) in [4.78, 5) is 15.5. The van der Waals surface area contributed by atoms with E-state index in [1.807, 2.05) is 24.0 Å². The Morgan fingerprint density at radius 3 is 2.39 bits per heavy atom. The molecule has 1 saturated heterocycles. The van der Waals surface area contributed by atoms with Crippen LogP contribution in [-0.4, -0.2) is 60.6 Å². The predicted molar refractivity (Wildman–Crippen MR) is 143 cm³/mol. The highest BCUT2D eigenvalue weighted by Crippen LogP contribution is 2.33. The van der Waals surface area contributed by atoms with E-state index in [-0.39, 0.29) is 18.0 Å². The topological polar surface area (TPSA) is 73.0 Å². The zero-order chi connectivity index (χ0) is 26.6. The summed E-state index contributed by atoms with van der Waals surface area (Å²) in [6.45, 7) is 7.58. The summed E-state index contributed by atoms with van der Waals surface area (Å²) < 4.78 is 39.8. The number of halogens is 2. The Hall–Kier alpha value is -3.76. The molecule has 8 nitrogen and oxygen atoms in total. The molecule has 2 unspecified atom stereocenters. The van der Waals surface area contributed by atoms with Crippen molar-refractivity contribution >= 4 is 21.8 Å². The van der Waals surface area contributed by atoms with Gasteiger partial charge in [0.25, 0.3) is 0 Å². The maximum Gasteiger partial charge on any atom is 0.348 e. The normalized spacial score (nSPS) is 18.7. The van der Waals surface area contributed by atoms with Crippen molar-refractivity contribution in [1.82, 2.24) is 28.8 Å². The third-order valence-corrected chi connectivity index (χ3v) is 7.30. The first kappa shape index (κ1) is 24.6. The molecule has 1 N–H and O–H groups in total. The van der Waals surface area contributed by atoms with Crippen LogP contribution >= 0.6 is 0 Å². The van der Waals surface area contributed by atoms with Gasteiger partial charge >= 0.3 is 5.69 Å². The molecular formula is C28H30F2N6O2. The first-order valence-electron chi connectivity index (χ1n) is 12.9. The minimum atomic E-state index is -0.451. The van der Waals surface area contributed by atoms with Gasteiger partial charge in [0.1, 0.15) is 11.6 Å². The largest absolute Gasteiger partial charge is 0.373 e. The second kappa shape index (κ2) is 9.52. The van der Waals surface area contributed by atoms with Crippen molar-refractivity contribution in [3.05, 3.63) is 70.9 Å². The van der Waals surface area contributed by atoms with Crippen LogP contribution in [0.4, 0.5) is 8.78 Å². The van der Waals surface area contributed by atoms with Crippen molar-refractivity contribution in [2.75, 3.05) is 19.6 Å². The quantitative estimate of drug-likeness (QED) is 0.359. The van der Waals surface area contributed by atoms with Crippen LogP contribution in [0.1, 0.15) is 20.3 Å². The minimum absolute atomic E-state index is 0.203. The zero-order valence-corrected chi connectivity index (χ0v) is 21.6. The van der Waals surface area contributed by atoms with Crippen LogP contribution in [0.3, 0.4) is 0 Å². The number of aromatic nitrogens is 5. The molecule has 0 radical (unpaired) electrons. The number of aromatic amines is 1. The number of nitrogens with one attached hydrogen (secondary N) is 1. The van der Waals surface area contributed by atoms with Gasteiger partial charge < -0.3 is 13.9 Å². The van der Waals surface area contributed by atoms with Gasteiger partial charge in [-0.1, -0.05) is 0 Å². The Morgan fingerprint density at radius 1 is 0.974 bits per heavy atom. The van der Waals surface area contributed by atoms with E-state index in [1.165, 1.54) is 28.8 Å². The van der Waals surface area contributed by atoms with Crippen LogP contribution in [0, 0.1) is 11.6 Å². The summed E-state index contributed by atoms with van der Waals surface area (Å²) >= 11 is 0. The summed E-state index contributed by atoms with van der Waals surface area (Å²) in [7, 11) is 1.86. The Balaban J connectivity index is 1.40. The molecule has 2 atom stereocenters. The van der Waals surface area contributed by atoms with E-state index in [9.17, 15) is 13.6 Å². The number of aryl methyl sites for hydroxylation is 2. The molecule has 1 fully saturated rings. The average Bonchev–Trinajstić information content (AvgIpc) is 3.51. The lowest BCUT2D eigenvalue weighted by atomic mass is 10.1. The van der Waals surface area contributed by atoms with Gasteiger partial charge in [-0.25, -0.2) is 23.2 Å². The maximum absolute atomic E-state index is 14.4. The van der Waals surface area contributed by atoms with Gasteiger partial charge in [-0.15, -0.1) is 0 Å². The van der Waals surface area contributed by atoms with Gasteiger partial charge in [0.05, 0.1) is 23.4 Å². The molecule has 38 heavy (non-hydrogen) atoms. The third kappa shape index (κ3) is 4.33. The number of ether oxygens (including phenoxy) is 1. The van der Waals surface area contributed by atoms with Gasteiger partial charge in [0.15, 0.2) is 5.82 Å². The summed E-state index contributed by atoms with van der Waals surface area (Å²) in [5.74, 6) is -0.430. The highest BCUT2D eigenvalue weighted by Gasteiger charge is 2.23. The van der Waals surface area contributed by atoms with Gasteiger partial charge in [-0.2, -0.15) is 5.10 Å². The number of rotatable bonds is 6. The monoisotopic (exact) mass is 520 g/mol. The average molecular weight is 521 g/mol. The summed E-state index contributed by atoms with van der Waals surface area (Å²) in [6.07, 6.45) is 4.99. The number of benzene rings is 2. The molecule has 10 heteroatoms. The van der Waals surface area contributed by atoms with E-state index in [0.717, 1.165) is 37.1 Å². The Morgan fingerprint density at radius 2 is 1.66 bits per heavy atom. The molecular weight excluding hydrogens is 490 g/mol. The fraction of sp³-hybridized carbons (Fsp3) is 0.357. The van der Waals surface area contributed by atoms with Crippen molar-refractivity contribution in [2.45, 2.75) is 39.0 Å². The third-order valence-electron chi connectivity index (χ3n) is 7.30. The van der Waals surface area contributed by atoms with Gasteiger partial charge in [-0.3, -0.25) is 4.90 Å². The van der Waals surface area contributed by atoms with Gasteiger partial charge in [0, 0.05) is 67.5 Å². The van der Waals surface area contributed by atoms with E-state index < -0.39 is 11.5 Å². The number of hydrogen-bond donors (Lipinski definition) is 1. The van der Waals surface area contributed by atoms with Crippen LogP contribution in [0.5, 0.6) is 0 Å². The number of hydrogen-bond acceptors (Lipinski definition) is 4. The molecule has 198 valence electrons. The first-order chi connectivity index (χ1) is 18.3. The summed E-state index contributed by atoms with van der Waals surface area (Å²) in [5.41, 5.74) is 2.31. The van der Waals surface area contributed by atoms with E-state index in [0.29, 0.717) is 34.4 Å². The van der Waals surface area contributed by atoms with E-state index >= 15 is 0 Å². The lowest BCUT2D eigenvalue weighted by molar-refractivity contribution is -0.0682. The first-order valence-corrected chi connectivity index (χ1v) is 12.9. The van der Waals surface area contributed by atoms with Gasteiger partial charge in [-0.05, 0) is 56.7 Å².